The Morgan fingerprint density at radius 2 is 1.92 bits per heavy atom. The zero-order valence-corrected chi connectivity index (χ0v) is 14.2. The summed E-state index contributed by atoms with van der Waals surface area (Å²) in [5, 5.41) is 10.9. The molecule has 0 saturated carbocycles. The van der Waals surface area contributed by atoms with E-state index >= 15 is 0 Å². The maximum absolute atomic E-state index is 6.07. The minimum Gasteiger partial charge on any atom is -0.277 e. The first-order valence-electron chi connectivity index (χ1n) is 7.43. The lowest BCUT2D eigenvalue weighted by Crippen LogP contribution is -1.96. The van der Waals surface area contributed by atoms with Crippen molar-refractivity contribution in [1.29, 1.82) is 0 Å². The molecule has 2 aromatic heterocycles. The summed E-state index contributed by atoms with van der Waals surface area (Å²) < 4.78 is 1.93. The Kier molecular flexibility index (Phi) is 4.19. The highest BCUT2D eigenvalue weighted by Gasteiger charge is 2.08. The van der Waals surface area contributed by atoms with Crippen molar-refractivity contribution in [3.63, 3.8) is 0 Å². The molecule has 0 N–H and O–H groups in total. The summed E-state index contributed by atoms with van der Waals surface area (Å²) >= 11 is 7.67. The van der Waals surface area contributed by atoms with Crippen LogP contribution in [-0.2, 0) is 5.75 Å². The highest BCUT2D eigenvalue weighted by atomic mass is 35.5. The standard InChI is InChI=1S/C18H13ClN4S/c19-14-5-3-6-16(10-14)23-12-20-22-18(23)24-11-15-9-8-13-4-1-2-7-17(13)21-15/h1-10,12H,11H2. The van der Waals surface area contributed by atoms with Gasteiger partial charge < -0.3 is 0 Å². The number of aromatic nitrogens is 4. The fourth-order valence-corrected chi connectivity index (χ4v) is 3.47. The predicted molar refractivity (Wildman–Crippen MR) is 97.7 cm³/mol. The molecule has 4 aromatic rings. The quantitative estimate of drug-likeness (QED) is 0.496. The van der Waals surface area contributed by atoms with E-state index < -0.39 is 0 Å². The van der Waals surface area contributed by atoms with Crippen molar-refractivity contribution in [3.8, 4) is 5.69 Å². The van der Waals surface area contributed by atoms with Gasteiger partial charge in [-0.2, -0.15) is 0 Å². The van der Waals surface area contributed by atoms with Crippen molar-refractivity contribution >= 4 is 34.3 Å². The number of benzene rings is 2. The second kappa shape index (κ2) is 6.63. The molecule has 0 saturated heterocycles. The molecule has 0 aliphatic carbocycles. The van der Waals surface area contributed by atoms with Crippen LogP contribution in [0, 0.1) is 0 Å². The van der Waals surface area contributed by atoms with E-state index in [0.717, 1.165) is 33.2 Å². The Hall–Kier alpha value is -2.37. The van der Waals surface area contributed by atoms with Crippen LogP contribution in [0.15, 0.2) is 72.1 Å². The highest BCUT2D eigenvalue weighted by molar-refractivity contribution is 7.98. The van der Waals surface area contributed by atoms with Crippen LogP contribution in [0.5, 0.6) is 0 Å². The minimum absolute atomic E-state index is 0.688. The fourth-order valence-electron chi connectivity index (χ4n) is 2.45. The van der Waals surface area contributed by atoms with E-state index in [-0.39, 0.29) is 0 Å². The zero-order valence-electron chi connectivity index (χ0n) is 12.6. The molecule has 0 atom stereocenters. The molecule has 6 heteroatoms. The first kappa shape index (κ1) is 15.2. The van der Waals surface area contributed by atoms with E-state index in [2.05, 4.69) is 28.4 Å². The van der Waals surface area contributed by atoms with Gasteiger partial charge in [0.25, 0.3) is 0 Å². The van der Waals surface area contributed by atoms with E-state index in [1.807, 2.05) is 47.0 Å². The van der Waals surface area contributed by atoms with Gasteiger partial charge in [0, 0.05) is 16.2 Å². The molecule has 0 unspecified atom stereocenters. The number of rotatable bonds is 4. The molecular weight excluding hydrogens is 340 g/mol. The number of para-hydroxylation sites is 1. The normalized spacial score (nSPS) is 11.0. The first-order valence-corrected chi connectivity index (χ1v) is 8.79. The van der Waals surface area contributed by atoms with Crippen molar-refractivity contribution < 1.29 is 0 Å². The average Bonchev–Trinajstić information content (AvgIpc) is 3.08. The lowest BCUT2D eigenvalue weighted by atomic mass is 10.2. The molecule has 0 radical (unpaired) electrons. The number of nitrogens with zero attached hydrogens (tertiary/aromatic N) is 4. The first-order chi connectivity index (χ1) is 11.8. The van der Waals surface area contributed by atoms with Crippen LogP contribution in [0.1, 0.15) is 5.69 Å². The third kappa shape index (κ3) is 3.13. The Morgan fingerprint density at radius 1 is 1.00 bits per heavy atom. The summed E-state index contributed by atoms with van der Waals surface area (Å²) in [6.45, 7) is 0. The lowest BCUT2D eigenvalue weighted by Gasteiger charge is -2.07. The average molecular weight is 353 g/mol. The van der Waals surface area contributed by atoms with Crippen molar-refractivity contribution in [2.24, 2.45) is 0 Å². The number of hydrogen-bond donors (Lipinski definition) is 0. The van der Waals surface area contributed by atoms with Gasteiger partial charge in [-0.3, -0.25) is 9.55 Å². The maximum Gasteiger partial charge on any atom is 0.195 e. The molecule has 24 heavy (non-hydrogen) atoms. The molecule has 2 aromatic carbocycles. The molecule has 0 spiro atoms. The number of halogens is 1. The van der Waals surface area contributed by atoms with Crippen molar-refractivity contribution in [2.45, 2.75) is 10.9 Å². The van der Waals surface area contributed by atoms with Gasteiger partial charge in [-0.15, -0.1) is 10.2 Å². The summed E-state index contributed by atoms with van der Waals surface area (Å²) in [5.74, 6) is 0.726. The van der Waals surface area contributed by atoms with E-state index in [1.165, 1.54) is 0 Å². The van der Waals surface area contributed by atoms with Gasteiger partial charge in [0.1, 0.15) is 6.33 Å². The third-order valence-electron chi connectivity index (χ3n) is 3.61. The molecule has 0 aliphatic rings. The molecule has 0 amide bonds. The number of pyridine rings is 1. The van der Waals surface area contributed by atoms with Gasteiger partial charge >= 0.3 is 0 Å². The molecular formula is C18H13ClN4S. The van der Waals surface area contributed by atoms with Crippen LogP contribution < -0.4 is 0 Å². The Bertz CT molecular complexity index is 999. The van der Waals surface area contributed by atoms with Crippen LogP contribution in [0.25, 0.3) is 16.6 Å². The molecule has 0 fully saturated rings. The largest absolute Gasteiger partial charge is 0.277 e. The van der Waals surface area contributed by atoms with E-state index in [4.69, 9.17) is 16.6 Å². The molecule has 118 valence electrons. The minimum atomic E-state index is 0.688. The van der Waals surface area contributed by atoms with E-state index in [0.29, 0.717) is 5.02 Å². The van der Waals surface area contributed by atoms with Gasteiger partial charge in [-0.25, -0.2) is 0 Å². The molecule has 4 nitrogen and oxygen atoms in total. The highest BCUT2D eigenvalue weighted by Crippen LogP contribution is 2.24. The molecule has 0 bridgehead atoms. The summed E-state index contributed by atoms with van der Waals surface area (Å²) in [6.07, 6.45) is 1.70. The second-order valence-corrected chi connectivity index (χ2v) is 6.63. The SMILES string of the molecule is Clc1cccc(-n2cnnc2SCc2ccc3ccccc3n2)c1. The predicted octanol–water partition coefficient (Wildman–Crippen LogP) is 4.76. The van der Waals surface area contributed by atoms with Gasteiger partial charge in [0.2, 0.25) is 0 Å². The number of thioether (sulfide) groups is 1. The van der Waals surface area contributed by atoms with E-state index in [9.17, 15) is 0 Å². The van der Waals surface area contributed by atoms with Crippen LogP contribution in [-0.4, -0.2) is 19.7 Å². The van der Waals surface area contributed by atoms with Crippen LogP contribution in [0.4, 0.5) is 0 Å². The van der Waals surface area contributed by atoms with Gasteiger partial charge in [-0.05, 0) is 30.3 Å². The number of hydrogen-bond acceptors (Lipinski definition) is 4. The van der Waals surface area contributed by atoms with Crippen molar-refractivity contribution in [2.75, 3.05) is 0 Å². The molecule has 0 aliphatic heterocycles. The third-order valence-corrected chi connectivity index (χ3v) is 4.82. The molecule has 2 heterocycles. The van der Waals surface area contributed by atoms with Gasteiger partial charge in [-0.1, -0.05) is 53.7 Å². The topological polar surface area (TPSA) is 43.6 Å². The zero-order chi connectivity index (χ0) is 16.4. The van der Waals surface area contributed by atoms with Crippen molar-refractivity contribution in [3.05, 3.63) is 77.7 Å². The smallest absolute Gasteiger partial charge is 0.195 e. The Labute approximate surface area is 148 Å². The van der Waals surface area contributed by atoms with Crippen LogP contribution in [0.2, 0.25) is 5.02 Å². The van der Waals surface area contributed by atoms with E-state index in [1.54, 1.807) is 18.1 Å². The summed E-state index contributed by atoms with van der Waals surface area (Å²) in [6, 6.07) is 19.9. The van der Waals surface area contributed by atoms with Crippen molar-refractivity contribution in [1.82, 2.24) is 19.7 Å². The summed E-state index contributed by atoms with van der Waals surface area (Å²) in [5.41, 5.74) is 2.97. The second-order valence-electron chi connectivity index (χ2n) is 5.25. The number of fused-ring (bicyclic) bond motifs is 1. The Morgan fingerprint density at radius 3 is 2.83 bits per heavy atom. The molecule has 4 rings (SSSR count). The summed E-state index contributed by atoms with van der Waals surface area (Å²) in [4.78, 5) is 4.69. The monoisotopic (exact) mass is 352 g/mol. The maximum atomic E-state index is 6.07. The fraction of sp³-hybridized carbons (Fsp3) is 0.0556. The lowest BCUT2D eigenvalue weighted by molar-refractivity contribution is 0.883. The summed E-state index contributed by atoms with van der Waals surface area (Å²) in [7, 11) is 0. The van der Waals surface area contributed by atoms with Gasteiger partial charge in [0.05, 0.1) is 16.9 Å². The van der Waals surface area contributed by atoms with Gasteiger partial charge in [0.15, 0.2) is 5.16 Å². The van der Waals surface area contributed by atoms with Crippen LogP contribution in [0.3, 0.4) is 0 Å². The Balaban J connectivity index is 1.57. The van der Waals surface area contributed by atoms with Crippen LogP contribution >= 0.6 is 23.4 Å².